The number of carbonyl (C=O) groups excluding carboxylic acids is 2. The third-order valence-corrected chi connectivity index (χ3v) is 6.65. The van der Waals surface area contributed by atoms with E-state index in [0.29, 0.717) is 12.3 Å². The van der Waals surface area contributed by atoms with Crippen molar-refractivity contribution in [1.29, 1.82) is 0 Å². The van der Waals surface area contributed by atoms with Gasteiger partial charge in [-0.05, 0) is 43.2 Å². The molecule has 1 fully saturated rings. The Labute approximate surface area is 164 Å². The summed E-state index contributed by atoms with van der Waals surface area (Å²) in [5, 5.41) is 5.04. The van der Waals surface area contributed by atoms with Crippen LogP contribution in [-0.2, 0) is 9.59 Å². The molecule has 27 heavy (non-hydrogen) atoms. The van der Waals surface area contributed by atoms with E-state index < -0.39 is 0 Å². The van der Waals surface area contributed by atoms with Crippen molar-refractivity contribution in [3.8, 4) is 0 Å². The van der Waals surface area contributed by atoms with Crippen molar-refractivity contribution in [2.75, 3.05) is 11.9 Å². The summed E-state index contributed by atoms with van der Waals surface area (Å²) in [4.78, 5) is 28.8. The normalized spacial score (nSPS) is 20.7. The smallest absolute Gasteiger partial charge is 0.244 e. The van der Waals surface area contributed by atoms with E-state index in [-0.39, 0.29) is 24.4 Å². The van der Waals surface area contributed by atoms with Gasteiger partial charge in [0.15, 0.2) is 0 Å². The highest BCUT2D eigenvalue weighted by molar-refractivity contribution is 7.10. The second-order valence-corrected chi connectivity index (χ2v) is 8.77. The van der Waals surface area contributed by atoms with Crippen LogP contribution in [0.15, 0.2) is 35.7 Å². The van der Waals surface area contributed by atoms with Gasteiger partial charge in [0.05, 0.1) is 6.04 Å². The monoisotopic (exact) mass is 382 g/mol. The maximum atomic E-state index is 13.3. The summed E-state index contributed by atoms with van der Waals surface area (Å²) in [6.45, 7) is 2.16. The van der Waals surface area contributed by atoms with Crippen LogP contribution in [0.5, 0.6) is 0 Å². The van der Waals surface area contributed by atoms with Gasteiger partial charge in [-0.15, -0.1) is 11.3 Å². The number of amides is 2. The first-order chi connectivity index (χ1) is 13.1. The molecule has 0 spiro atoms. The molecule has 1 aliphatic carbocycles. The van der Waals surface area contributed by atoms with Crippen LogP contribution in [0.1, 0.15) is 60.6 Å². The van der Waals surface area contributed by atoms with Gasteiger partial charge in [-0.1, -0.05) is 43.0 Å². The number of nitrogens with one attached hydrogen (secondary N) is 1. The van der Waals surface area contributed by atoms with Gasteiger partial charge in [-0.3, -0.25) is 9.59 Å². The number of thiophene rings is 1. The lowest BCUT2D eigenvalue weighted by Crippen LogP contribution is -2.39. The Bertz CT molecular complexity index is 825. The number of rotatable bonds is 3. The molecule has 0 bridgehead atoms. The van der Waals surface area contributed by atoms with Gasteiger partial charge >= 0.3 is 0 Å². The van der Waals surface area contributed by atoms with E-state index in [1.54, 1.807) is 16.2 Å². The molecule has 4 rings (SSSR count). The van der Waals surface area contributed by atoms with E-state index >= 15 is 0 Å². The summed E-state index contributed by atoms with van der Waals surface area (Å²) in [7, 11) is 0. The van der Waals surface area contributed by atoms with E-state index in [0.717, 1.165) is 34.5 Å². The lowest BCUT2D eigenvalue weighted by Gasteiger charge is -2.31. The van der Waals surface area contributed by atoms with E-state index in [4.69, 9.17) is 0 Å². The van der Waals surface area contributed by atoms with E-state index in [1.165, 1.54) is 19.3 Å². The number of anilines is 1. The van der Waals surface area contributed by atoms with Gasteiger partial charge in [0, 0.05) is 22.5 Å². The summed E-state index contributed by atoms with van der Waals surface area (Å²) < 4.78 is 0. The zero-order chi connectivity index (χ0) is 18.8. The summed E-state index contributed by atoms with van der Waals surface area (Å²) in [6, 6.07) is 9.95. The second kappa shape index (κ2) is 7.85. The molecular formula is C22H26N2O2S. The molecule has 1 unspecified atom stereocenters. The molecule has 2 aromatic rings. The fourth-order valence-electron chi connectivity index (χ4n) is 4.37. The number of fused-ring (bicyclic) bond motifs is 1. The fourth-order valence-corrected chi connectivity index (χ4v) is 5.22. The third kappa shape index (κ3) is 3.93. The number of aryl methyl sites for hydroxylation is 1. The van der Waals surface area contributed by atoms with Crippen LogP contribution in [0.25, 0.3) is 0 Å². The van der Waals surface area contributed by atoms with Crippen LogP contribution in [0, 0.1) is 12.8 Å². The minimum Gasteiger partial charge on any atom is -0.324 e. The van der Waals surface area contributed by atoms with Gasteiger partial charge in [0.2, 0.25) is 11.8 Å². The van der Waals surface area contributed by atoms with Crippen LogP contribution >= 0.6 is 11.3 Å². The molecule has 1 aromatic carbocycles. The Morgan fingerprint density at radius 2 is 2.04 bits per heavy atom. The van der Waals surface area contributed by atoms with Gasteiger partial charge < -0.3 is 10.2 Å². The Morgan fingerprint density at radius 3 is 2.78 bits per heavy atom. The second-order valence-electron chi connectivity index (χ2n) is 7.79. The zero-order valence-electron chi connectivity index (χ0n) is 15.7. The summed E-state index contributed by atoms with van der Waals surface area (Å²) in [5.74, 6) is 0.444. The lowest BCUT2D eigenvalue weighted by atomic mass is 9.86. The summed E-state index contributed by atoms with van der Waals surface area (Å²) in [5.41, 5.74) is 2.96. The average molecular weight is 383 g/mol. The molecular weight excluding hydrogens is 356 g/mol. The molecule has 5 heteroatoms. The zero-order valence-corrected chi connectivity index (χ0v) is 16.6. The molecule has 1 aliphatic heterocycles. The van der Waals surface area contributed by atoms with Crippen LogP contribution in [0.3, 0.4) is 0 Å². The van der Waals surface area contributed by atoms with Crippen LogP contribution < -0.4 is 5.32 Å². The minimum absolute atomic E-state index is 0.102. The minimum atomic E-state index is -0.199. The van der Waals surface area contributed by atoms with E-state index in [2.05, 4.69) is 17.4 Å². The molecule has 2 heterocycles. The van der Waals surface area contributed by atoms with Crippen LogP contribution in [0.2, 0.25) is 0 Å². The first-order valence-corrected chi connectivity index (χ1v) is 10.7. The van der Waals surface area contributed by atoms with Crippen LogP contribution in [0.4, 0.5) is 5.69 Å². The maximum absolute atomic E-state index is 13.3. The molecule has 1 atom stereocenters. The van der Waals surface area contributed by atoms with Gasteiger partial charge in [0.1, 0.15) is 6.54 Å². The third-order valence-electron chi connectivity index (χ3n) is 5.72. The highest BCUT2D eigenvalue weighted by Crippen LogP contribution is 2.39. The highest BCUT2D eigenvalue weighted by Gasteiger charge is 2.34. The standard InChI is InChI=1S/C22H26N2O2S/c1-15-9-10-18-17(12-15)22(19-8-5-11-27-19)24(14-20(25)23-18)21(26)13-16-6-3-2-4-7-16/h5,8-12,16,22H,2-4,6-7,13-14H2,1H3,(H,23,25). The Balaban J connectivity index is 1.71. The fraction of sp³-hybridized carbons (Fsp3) is 0.455. The number of hydrogen-bond acceptors (Lipinski definition) is 3. The van der Waals surface area contributed by atoms with E-state index in [1.807, 2.05) is 30.5 Å². The van der Waals surface area contributed by atoms with Gasteiger partial charge in [0.25, 0.3) is 0 Å². The molecule has 1 aromatic heterocycles. The first-order valence-electron chi connectivity index (χ1n) is 9.85. The number of nitrogens with zero attached hydrogens (tertiary/aromatic N) is 1. The molecule has 4 nitrogen and oxygen atoms in total. The van der Waals surface area contributed by atoms with E-state index in [9.17, 15) is 9.59 Å². The predicted molar refractivity (Wildman–Crippen MR) is 109 cm³/mol. The summed E-state index contributed by atoms with van der Waals surface area (Å²) in [6.07, 6.45) is 6.53. The Hall–Kier alpha value is -2.14. The van der Waals surface area contributed by atoms with Crippen molar-refractivity contribution in [3.63, 3.8) is 0 Å². The average Bonchev–Trinajstić information content (AvgIpc) is 3.13. The molecule has 2 aliphatic rings. The topological polar surface area (TPSA) is 49.4 Å². The Morgan fingerprint density at radius 1 is 1.22 bits per heavy atom. The number of benzene rings is 1. The largest absolute Gasteiger partial charge is 0.324 e. The van der Waals surface area contributed by atoms with Crippen molar-refractivity contribution in [2.45, 2.75) is 51.5 Å². The Kier molecular flexibility index (Phi) is 5.30. The first kappa shape index (κ1) is 18.2. The predicted octanol–water partition coefficient (Wildman–Crippen LogP) is 4.90. The molecule has 2 amide bonds. The van der Waals surface area contributed by atoms with Crippen molar-refractivity contribution in [2.24, 2.45) is 5.92 Å². The molecule has 0 saturated heterocycles. The lowest BCUT2D eigenvalue weighted by molar-refractivity contribution is -0.137. The molecule has 1 N–H and O–H groups in total. The summed E-state index contributed by atoms with van der Waals surface area (Å²) >= 11 is 1.64. The van der Waals surface area contributed by atoms with Gasteiger partial charge in [-0.25, -0.2) is 0 Å². The van der Waals surface area contributed by atoms with Crippen molar-refractivity contribution in [1.82, 2.24) is 4.90 Å². The number of hydrogen-bond donors (Lipinski definition) is 1. The maximum Gasteiger partial charge on any atom is 0.244 e. The quantitative estimate of drug-likeness (QED) is 0.821. The molecule has 142 valence electrons. The van der Waals surface area contributed by atoms with Crippen molar-refractivity contribution >= 4 is 28.8 Å². The van der Waals surface area contributed by atoms with Crippen molar-refractivity contribution in [3.05, 3.63) is 51.7 Å². The highest BCUT2D eigenvalue weighted by atomic mass is 32.1. The van der Waals surface area contributed by atoms with Gasteiger partial charge in [-0.2, -0.15) is 0 Å². The van der Waals surface area contributed by atoms with Crippen molar-refractivity contribution < 1.29 is 9.59 Å². The SMILES string of the molecule is Cc1ccc2c(c1)C(c1cccs1)N(C(=O)CC1CCCCC1)CC(=O)N2. The molecule has 0 radical (unpaired) electrons. The van der Waals surface area contributed by atoms with Crippen LogP contribution in [-0.4, -0.2) is 23.3 Å². The molecule has 1 saturated carbocycles. The number of carbonyl (C=O) groups is 2.